The van der Waals surface area contributed by atoms with E-state index >= 15 is 0 Å². The molecule has 12 heteroatoms. The molecule has 33 heavy (non-hydrogen) atoms. The Hall–Kier alpha value is -3.02. The van der Waals surface area contributed by atoms with Crippen molar-refractivity contribution in [3.8, 4) is 0 Å². The molecule has 4 saturated heterocycles. The van der Waals surface area contributed by atoms with E-state index in [1.807, 2.05) is 0 Å². The lowest BCUT2D eigenvalue weighted by Gasteiger charge is -2.32. The second-order valence-corrected chi connectivity index (χ2v) is 8.87. The third kappa shape index (κ3) is 5.00. The van der Waals surface area contributed by atoms with Crippen LogP contribution in [0.2, 0.25) is 0 Å². The van der Waals surface area contributed by atoms with Gasteiger partial charge >= 0.3 is 0 Å². The van der Waals surface area contributed by atoms with Crippen LogP contribution >= 0.6 is 0 Å². The number of imide groups is 1. The third-order valence-corrected chi connectivity index (χ3v) is 6.70. The summed E-state index contributed by atoms with van der Waals surface area (Å²) in [7, 11) is 0. The summed E-state index contributed by atoms with van der Waals surface area (Å²) in [6.07, 6.45) is 1.66. The van der Waals surface area contributed by atoms with E-state index in [4.69, 9.17) is 0 Å². The highest BCUT2D eigenvalue weighted by atomic mass is 16.2. The molecule has 12 nitrogen and oxygen atoms in total. The predicted molar refractivity (Wildman–Crippen MR) is 113 cm³/mol. The van der Waals surface area contributed by atoms with Crippen molar-refractivity contribution in [2.24, 2.45) is 0 Å². The standard InChI is InChI=1S/C21H30N6O6/c28-16-4-1-13(23-16)19(31)25-9-7-22-8-10-26(12-11-25)21(33)15-3-6-18(30)27(15)20(32)14-2-5-17(29)24-14/h13-15,22H,1-12H2,(H,23,28)(H,24,29). The molecule has 0 saturated carbocycles. The van der Waals surface area contributed by atoms with Gasteiger partial charge in [-0.05, 0) is 19.3 Å². The van der Waals surface area contributed by atoms with E-state index in [0.717, 1.165) is 4.90 Å². The van der Waals surface area contributed by atoms with Gasteiger partial charge in [-0.15, -0.1) is 0 Å². The van der Waals surface area contributed by atoms with Gasteiger partial charge in [0.1, 0.15) is 18.1 Å². The number of amides is 6. The van der Waals surface area contributed by atoms with Crippen molar-refractivity contribution in [3.05, 3.63) is 0 Å². The molecule has 0 spiro atoms. The summed E-state index contributed by atoms with van der Waals surface area (Å²) in [4.78, 5) is 78.9. The first-order valence-electron chi connectivity index (χ1n) is 11.6. The van der Waals surface area contributed by atoms with Gasteiger partial charge < -0.3 is 25.8 Å². The smallest absolute Gasteiger partial charge is 0.252 e. The minimum Gasteiger partial charge on any atom is -0.344 e. The fraction of sp³-hybridized carbons (Fsp3) is 0.714. The summed E-state index contributed by atoms with van der Waals surface area (Å²) in [5, 5.41) is 8.47. The molecule has 0 aromatic heterocycles. The Labute approximate surface area is 191 Å². The maximum Gasteiger partial charge on any atom is 0.252 e. The molecule has 3 atom stereocenters. The highest BCUT2D eigenvalue weighted by molar-refractivity contribution is 6.06. The second kappa shape index (κ2) is 9.86. The van der Waals surface area contributed by atoms with Gasteiger partial charge in [0.05, 0.1) is 0 Å². The summed E-state index contributed by atoms with van der Waals surface area (Å²) < 4.78 is 0. The SMILES string of the molecule is O=C1CCC(C(=O)N2CCNCCN(C(=O)C3CCC(=O)N3C(=O)C3CCC(=O)N3)CC2)N1. The van der Waals surface area contributed by atoms with Crippen LogP contribution in [0.15, 0.2) is 0 Å². The number of carbonyl (C=O) groups excluding carboxylic acids is 6. The van der Waals surface area contributed by atoms with Crippen LogP contribution in [0.1, 0.15) is 38.5 Å². The average Bonchev–Trinajstić information content (AvgIpc) is 3.53. The normalized spacial score (nSPS) is 28.8. The number of rotatable bonds is 3. The zero-order chi connectivity index (χ0) is 23.5. The Bertz CT molecular complexity index is 862. The number of nitrogens with zero attached hydrogens (tertiary/aromatic N) is 3. The Morgan fingerprint density at radius 1 is 0.667 bits per heavy atom. The fourth-order valence-corrected chi connectivity index (χ4v) is 4.85. The molecule has 4 aliphatic rings. The van der Waals surface area contributed by atoms with Crippen molar-refractivity contribution in [3.63, 3.8) is 0 Å². The molecule has 3 unspecified atom stereocenters. The number of likely N-dealkylation sites (tertiary alicyclic amines) is 1. The Morgan fingerprint density at radius 2 is 1.21 bits per heavy atom. The number of hydrogen-bond donors (Lipinski definition) is 3. The van der Waals surface area contributed by atoms with Crippen LogP contribution in [-0.2, 0) is 28.8 Å². The lowest BCUT2D eigenvalue weighted by molar-refractivity contribution is -0.152. The number of carbonyl (C=O) groups is 6. The molecular weight excluding hydrogens is 432 g/mol. The van der Waals surface area contributed by atoms with Crippen LogP contribution in [0, 0.1) is 0 Å². The second-order valence-electron chi connectivity index (χ2n) is 8.87. The van der Waals surface area contributed by atoms with Crippen LogP contribution < -0.4 is 16.0 Å². The maximum absolute atomic E-state index is 13.4. The lowest BCUT2D eigenvalue weighted by Crippen LogP contribution is -2.55. The van der Waals surface area contributed by atoms with Gasteiger partial charge in [0.2, 0.25) is 29.5 Å². The van der Waals surface area contributed by atoms with Crippen LogP contribution in [-0.4, -0.2) is 108 Å². The molecule has 0 aliphatic carbocycles. The van der Waals surface area contributed by atoms with Crippen molar-refractivity contribution >= 4 is 35.4 Å². The first-order chi connectivity index (χ1) is 15.8. The van der Waals surface area contributed by atoms with E-state index in [1.54, 1.807) is 9.80 Å². The number of hydrogen-bond acceptors (Lipinski definition) is 7. The zero-order valence-electron chi connectivity index (χ0n) is 18.5. The van der Waals surface area contributed by atoms with Crippen LogP contribution in [0.3, 0.4) is 0 Å². The van der Waals surface area contributed by atoms with Crippen molar-refractivity contribution in [1.29, 1.82) is 0 Å². The Morgan fingerprint density at radius 3 is 1.76 bits per heavy atom. The van der Waals surface area contributed by atoms with E-state index in [2.05, 4.69) is 16.0 Å². The molecule has 4 heterocycles. The van der Waals surface area contributed by atoms with Gasteiger partial charge in [-0.3, -0.25) is 33.7 Å². The highest BCUT2D eigenvalue weighted by Gasteiger charge is 2.45. The summed E-state index contributed by atoms with van der Waals surface area (Å²) in [5.74, 6) is -1.81. The maximum atomic E-state index is 13.4. The number of nitrogens with one attached hydrogen (secondary N) is 3. The molecule has 3 N–H and O–H groups in total. The highest BCUT2D eigenvalue weighted by Crippen LogP contribution is 2.24. The van der Waals surface area contributed by atoms with Gasteiger partial charge in [-0.25, -0.2) is 0 Å². The van der Waals surface area contributed by atoms with Gasteiger partial charge in [-0.2, -0.15) is 0 Å². The molecule has 0 bridgehead atoms. The average molecular weight is 463 g/mol. The minimum atomic E-state index is -0.901. The summed E-state index contributed by atoms with van der Waals surface area (Å²) in [5.41, 5.74) is 0. The van der Waals surface area contributed by atoms with Crippen LogP contribution in [0.5, 0.6) is 0 Å². The molecule has 4 aliphatic heterocycles. The molecule has 4 fully saturated rings. The molecule has 0 radical (unpaired) electrons. The fourth-order valence-electron chi connectivity index (χ4n) is 4.85. The van der Waals surface area contributed by atoms with Crippen molar-refractivity contribution < 1.29 is 28.8 Å². The quantitative estimate of drug-likeness (QED) is 0.387. The minimum absolute atomic E-state index is 0.0981. The molecule has 0 aromatic carbocycles. The van der Waals surface area contributed by atoms with E-state index in [9.17, 15) is 28.8 Å². The Kier molecular flexibility index (Phi) is 6.91. The van der Waals surface area contributed by atoms with Crippen molar-refractivity contribution in [2.75, 3.05) is 39.3 Å². The zero-order valence-corrected chi connectivity index (χ0v) is 18.5. The lowest BCUT2D eigenvalue weighted by atomic mass is 10.1. The van der Waals surface area contributed by atoms with E-state index in [-0.39, 0.29) is 49.4 Å². The van der Waals surface area contributed by atoms with Gasteiger partial charge in [0.15, 0.2) is 0 Å². The van der Waals surface area contributed by atoms with E-state index in [0.29, 0.717) is 52.0 Å². The first kappa shape index (κ1) is 23.1. The van der Waals surface area contributed by atoms with Gasteiger partial charge in [0.25, 0.3) is 5.91 Å². The van der Waals surface area contributed by atoms with E-state index in [1.165, 1.54) is 0 Å². The molecule has 180 valence electrons. The predicted octanol–water partition coefficient (Wildman–Crippen LogP) is -2.68. The molecule has 6 amide bonds. The molecule has 0 aromatic rings. The van der Waals surface area contributed by atoms with Gasteiger partial charge in [-0.1, -0.05) is 0 Å². The van der Waals surface area contributed by atoms with Crippen molar-refractivity contribution in [1.82, 2.24) is 30.7 Å². The summed E-state index contributed by atoms with van der Waals surface area (Å²) >= 11 is 0. The Balaban J connectivity index is 1.42. The first-order valence-corrected chi connectivity index (χ1v) is 11.6. The van der Waals surface area contributed by atoms with Crippen LogP contribution in [0.25, 0.3) is 0 Å². The monoisotopic (exact) mass is 462 g/mol. The van der Waals surface area contributed by atoms with Crippen LogP contribution in [0.4, 0.5) is 0 Å². The topological polar surface area (TPSA) is 148 Å². The van der Waals surface area contributed by atoms with Crippen molar-refractivity contribution in [2.45, 2.75) is 56.7 Å². The summed E-state index contributed by atoms with van der Waals surface area (Å²) in [6, 6.07) is -2.21. The molecular formula is C21H30N6O6. The largest absolute Gasteiger partial charge is 0.344 e. The molecule has 4 rings (SSSR count). The van der Waals surface area contributed by atoms with Gasteiger partial charge in [0, 0.05) is 58.5 Å². The van der Waals surface area contributed by atoms with E-state index < -0.39 is 29.9 Å². The summed E-state index contributed by atoms with van der Waals surface area (Å²) in [6.45, 7) is 2.48. The third-order valence-electron chi connectivity index (χ3n) is 6.70.